The minimum Gasteiger partial charge on any atom is -0.488 e. The van der Waals surface area contributed by atoms with Gasteiger partial charge in [-0.25, -0.2) is 4.39 Å². The molecule has 0 saturated heterocycles. The van der Waals surface area contributed by atoms with Gasteiger partial charge in [0.15, 0.2) is 0 Å². The lowest BCUT2D eigenvalue weighted by atomic mass is 10.1. The maximum absolute atomic E-state index is 13.2. The number of nitro benzene ring substituents is 1. The van der Waals surface area contributed by atoms with Crippen LogP contribution in [0.1, 0.15) is 16.7 Å². The first-order valence-corrected chi connectivity index (χ1v) is 6.08. The molecule has 0 aromatic heterocycles. The SMILES string of the molecule is Cc1c(OCc2cc(F)ccc2C#N)cccc1[N+](=O)[O-]. The Labute approximate surface area is 120 Å². The van der Waals surface area contributed by atoms with E-state index >= 15 is 0 Å². The van der Waals surface area contributed by atoms with E-state index in [1.165, 1.54) is 30.3 Å². The summed E-state index contributed by atoms with van der Waals surface area (Å²) in [6.07, 6.45) is 0. The van der Waals surface area contributed by atoms with E-state index in [0.717, 1.165) is 0 Å². The molecule has 0 radical (unpaired) electrons. The molecule has 2 rings (SSSR count). The Morgan fingerprint density at radius 1 is 1.38 bits per heavy atom. The molecule has 0 amide bonds. The largest absolute Gasteiger partial charge is 0.488 e. The van der Waals surface area contributed by atoms with Gasteiger partial charge in [0.25, 0.3) is 5.69 Å². The Morgan fingerprint density at radius 2 is 2.14 bits per heavy atom. The van der Waals surface area contributed by atoms with Crippen LogP contribution in [0.4, 0.5) is 10.1 Å². The van der Waals surface area contributed by atoms with E-state index in [1.807, 2.05) is 6.07 Å². The highest BCUT2D eigenvalue weighted by Gasteiger charge is 2.14. The molecular formula is C15H11FN2O3. The normalized spacial score (nSPS) is 9.95. The molecule has 21 heavy (non-hydrogen) atoms. The summed E-state index contributed by atoms with van der Waals surface area (Å²) in [6, 6.07) is 10.2. The number of nitriles is 1. The minimum atomic E-state index is -0.495. The summed E-state index contributed by atoms with van der Waals surface area (Å²) in [5.74, 6) is -0.138. The summed E-state index contributed by atoms with van der Waals surface area (Å²) in [7, 11) is 0. The topological polar surface area (TPSA) is 76.2 Å². The highest BCUT2D eigenvalue weighted by atomic mass is 19.1. The number of nitro groups is 1. The second-order valence-electron chi connectivity index (χ2n) is 4.36. The van der Waals surface area contributed by atoms with Gasteiger partial charge in [-0.05, 0) is 31.2 Å². The summed E-state index contributed by atoms with van der Waals surface area (Å²) in [5.41, 5.74) is 1.03. The van der Waals surface area contributed by atoms with Crippen LogP contribution in [0.15, 0.2) is 36.4 Å². The van der Waals surface area contributed by atoms with Gasteiger partial charge >= 0.3 is 0 Å². The van der Waals surface area contributed by atoms with Gasteiger partial charge in [-0.1, -0.05) is 6.07 Å². The second kappa shape index (κ2) is 6.01. The van der Waals surface area contributed by atoms with Crippen molar-refractivity contribution in [1.82, 2.24) is 0 Å². The standard InChI is InChI=1S/C15H11FN2O3/c1-10-14(18(19)20)3-2-4-15(10)21-9-12-7-13(16)6-5-11(12)8-17/h2-7H,9H2,1H3. The number of nitrogens with zero attached hydrogens (tertiary/aromatic N) is 2. The van der Waals surface area contributed by atoms with Crippen molar-refractivity contribution in [3.63, 3.8) is 0 Å². The van der Waals surface area contributed by atoms with Crippen molar-refractivity contribution >= 4 is 5.69 Å². The predicted octanol–water partition coefficient (Wildman–Crippen LogP) is 3.49. The number of rotatable bonds is 4. The van der Waals surface area contributed by atoms with Crippen LogP contribution in [0.2, 0.25) is 0 Å². The van der Waals surface area contributed by atoms with Crippen molar-refractivity contribution < 1.29 is 14.1 Å². The number of halogens is 1. The van der Waals surface area contributed by atoms with E-state index in [0.29, 0.717) is 22.4 Å². The monoisotopic (exact) mass is 286 g/mol. The molecule has 2 aromatic carbocycles. The van der Waals surface area contributed by atoms with Crippen LogP contribution in [-0.4, -0.2) is 4.92 Å². The van der Waals surface area contributed by atoms with Crippen molar-refractivity contribution in [2.45, 2.75) is 13.5 Å². The van der Waals surface area contributed by atoms with Crippen LogP contribution in [0.25, 0.3) is 0 Å². The van der Waals surface area contributed by atoms with Crippen molar-refractivity contribution in [1.29, 1.82) is 5.26 Å². The highest BCUT2D eigenvalue weighted by Crippen LogP contribution is 2.27. The molecule has 0 heterocycles. The molecule has 6 heteroatoms. The molecule has 0 aliphatic rings. The zero-order chi connectivity index (χ0) is 15.4. The third-order valence-corrected chi connectivity index (χ3v) is 3.02. The Balaban J connectivity index is 2.25. The number of hydrogen-bond donors (Lipinski definition) is 0. The van der Waals surface area contributed by atoms with Crippen molar-refractivity contribution in [2.75, 3.05) is 0 Å². The smallest absolute Gasteiger partial charge is 0.276 e. The predicted molar refractivity (Wildman–Crippen MR) is 73.3 cm³/mol. The van der Waals surface area contributed by atoms with Gasteiger partial charge in [-0.15, -0.1) is 0 Å². The van der Waals surface area contributed by atoms with Crippen LogP contribution in [0.5, 0.6) is 5.75 Å². The lowest BCUT2D eigenvalue weighted by Gasteiger charge is -2.10. The first-order valence-electron chi connectivity index (χ1n) is 6.08. The van der Waals surface area contributed by atoms with E-state index in [4.69, 9.17) is 10.00 Å². The van der Waals surface area contributed by atoms with Crippen LogP contribution < -0.4 is 4.74 Å². The number of benzene rings is 2. The maximum Gasteiger partial charge on any atom is 0.276 e. The fourth-order valence-electron chi connectivity index (χ4n) is 1.90. The molecule has 106 valence electrons. The van der Waals surface area contributed by atoms with Crippen LogP contribution >= 0.6 is 0 Å². The average molecular weight is 286 g/mol. The van der Waals surface area contributed by atoms with Gasteiger partial charge in [-0.3, -0.25) is 10.1 Å². The van der Waals surface area contributed by atoms with Crippen molar-refractivity contribution in [3.05, 3.63) is 69.0 Å². The molecule has 0 unspecified atom stereocenters. The van der Waals surface area contributed by atoms with Gasteiger partial charge in [0.1, 0.15) is 18.2 Å². The summed E-state index contributed by atoms with van der Waals surface area (Å²) in [6.45, 7) is 1.53. The van der Waals surface area contributed by atoms with Gasteiger partial charge in [0, 0.05) is 11.6 Å². The van der Waals surface area contributed by atoms with E-state index < -0.39 is 10.7 Å². The van der Waals surface area contributed by atoms with Crippen LogP contribution in [0.3, 0.4) is 0 Å². The molecule has 0 aliphatic carbocycles. The molecule has 0 bridgehead atoms. The molecule has 0 spiro atoms. The number of ether oxygens (including phenoxy) is 1. The minimum absolute atomic E-state index is 0.0390. The summed E-state index contributed by atoms with van der Waals surface area (Å²) < 4.78 is 18.7. The second-order valence-corrected chi connectivity index (χ2v) is 4.36. The lowest BCUT2D eigenvalue weighted by molar-refractivity contribution is -0.385. The highest BCUT2D eigenvalue weighted by molar-refractivity contribution is 5.48. The van der Waals surface area contributed by atoms with Gasteiger partial charge in [0.05, 0.1) is 22.1 Å². The van der Waals surface area contributed by atoms with Crippen molar-refractivity contribution in [3.8, 4) is 11.8 Å². The van der Waals surface area contributed by atoms with Crippen LogP contribution in [-0.2, 0) is 6.61 Å². The molecule has 0 fully saturated rings. The first kappa shape index (κ1) is 14.5. The van der Waals surface area contributed by atoms with Gasteiger partial charge in [-0.2, -0.15) is 5.26 Å². The quantitative estimate of drug-likeness (QED) is 0.636. The molecule has 5 nitrogen and oxygen atoms in total. The maximum atomic E-state index is 13.2. The van der Waals surface area contributed by atoms with E-state index in [-0.39, 0.29) is 12.3 Å². The molecule has 0 saturated carbocycles. The third kappa shape index (κ3) is 3.15. The average Bonchev–Trinajstić information content (AvgIpc) is 2.46. The Hall–Kier alpha value is -2.94. The third-order valence-electron chi connectivity index (χ3n) is 3.02. The zero-order valence-corrected chi connectivity index (χ0v) is 11.2. The Kier molecular flexibility index (Phi) is 4.14. The van der Waals surface area contributed by atoms with Crippen molar-refractivity contribution in [2.24, 2.45) is 0 Å². The molecule has 0 aliphatic heterocycles. The lowest BCUT2D eigenvalue weighted by Crippen LogP contribution is -2.01. The molecular weight excluding hydrogens is 275 g/mol. The summed E-state index contributed by atoms with van der Waals surface area (Å²) in [5, 5.41) is 19.8. The number of hydrogen-bond acceptors (Lipinski definition) is 4. The molecule has 2 aromatic rings. The fraction of sp³-hybridized carbons (Fsp3) is 0.133. The fourth-order valence-corrected chi connectivity index (χ4v) is 1.90. The van der Waals surface area contributed by atoms with Gasteiger partial charge < -0.3 is 4.74 Å². The van der Waals surface area contributed by atoms with E-state index in [1.54, 1.807) is 13.0 Å². The molecule has 0 N–H and O–H groups in total. The van der Waals surface area contributed by atoms with Gasteiger partial charge in [0.2, 0.25) is 0 Å². The first-order chi connectivity index (χ1) is 10.0. The Morgan fingerprint density at radius 3 is 2.81 bits per heavy atom. The zero-order valence-electron chi connectivity index (χ0n) is 11.2. The summed E-state index contributed by atoms with van der Waals surface area (Å²) in [4.78, 5) is 10.4. The molecule has 0 atom stereocenters. The van der Waals surface area contributed by atoms with E-state index in [9.17, 15) is 14.5 Å². The summed E-state index contributed by atoms with van der Waals surface area (Å²) >= 11 is 0. The Bertz CT molecular complexity index is 738. The van der Waals surface area contributed by atoms with E-state index in [2.05, 4.69) is 0 Å². The van der Waals surface area contributed by atoms with Crippen LogP contribution in [0, 0.1) is 34.2 Å².